The first kappa shape index (κ1) is 23.8. The number of hydrogen-bond donors (Lipinski definition) is 2. The zero-order valence-electron chi connectivity index (χ0n) is 17.5. The number of rotatable bonds is 7. The third-order valence-electron chi connectivity index (χ3n) is 4.23. The first-order valence-electron chi connectivity index (χ1n) is 9.80. The van der Waals surface area contributed by atoms with Gasteiger partial charge in [0.15, 0.2) is 5.82 Å². The van der Waals surface area contributed by atoms with E-state index < -0.39 is 12.2 Å². The molecule has 2 N–H and O–H groups in total. The van der Waals surface area contributed by atoms with Crippen molar-refractivity contribution in [3.8, 4) is 17.1 Å². The van der Waals surface area contributed by atoms with Crippen LogP contribution < -0.4 is 15.5 Å². The Labute approximate surface area is 200 Å². The number of nitrogens with one attached hydrogen (secondary N) is 2. The summed E-state index contributed by atoms with van der Waals surface area (Å²) < 4.78 is 55.0. The second-order valence-electron chi connectivity index (χ2n) is 6.77. The van der Waals surface area contributed by atoms with Gasteiger partial charge >= 0.3 is 6.36 Å². The number of hydrazone groups is 1. The molecule has 2 heterocycles. The summed E-state index contributed by atoms with van der Waals surface area (Å²) in [7, 11) is 0. The molecule has 4 aromatic rings. The zero-order chi connectivity index (χ0) is 24.8. The summed E-state index contributed by atoms with van der Waals surface area (Å²) >= 11 is 5.80. The number of alkyl halides is 3. The highest BCUT2D eigenvalue weighted by Crippen LogP contribution is 2.24. The number of hydrogen-bond acceptors (Lipinski definition) is 8. The predicted octanol–water partition coefficient (Wildman–Crippen LogP) is 5.81. The Hall–Kier alpha value is -4.32. The Morgan fingerprint density at radius 1 is 0.914 bits per heavy atom. The highest BCUT2D eigenvalue weighted by molar-refractivity contribution is 6.29. The van der Waals surface area contributed by atoms with Crippen molar-refractivity contribution in [3.05, 3.63) is 83.4 Å². The Kier molecular flexibility index (Phi) is 7.01. The van der Waals surface area contributed by atoms with Gasteiger partial charge in [-0.15, -0.1) is 13.2 Å². The molecule has 0 saturated heterocycles. The van der Waals surface area contributed by atoms with Crippen molar-refractivity contribution in [2.45, 2.75) is 6.36 Å². The van der Waals surface area contributed by atoms with Crippen molar-refractivity contribution < 1.29 is 22.3 Å². The average molecular weight is 504 g/mol. The molecule has 0 aliphatic heterocycles. The highest BCUT2D eigenvalue weighted by atomic mass is 35.5. The van der Waals surface area contributed by atoms with Gasteiger partial charge < -0.3 is 10.1 Å². The Balaban J connectivity index is 1.56. The normalized spacial score (nSPS) is 11.5. The van der Waals surface area contributed by atoms with Crippen molar-refractivity contribution in [1.82, 2.24) is 19.9 Å². The fraction of sp³-hybridized carbons (Fsp3) is 0.0455. The third-order valence-corrected chi connectivity index (χ3v) is 4.45. The van der Waals surface area contributed by atoms with Crippen LogP contribution in [-0.4, -0.2) is 32.5 Å². The molecule has 0 saturated carbocycles. The number of halogens is 5. The number of aromatic nitrogens is 4. The number of benzene rings is 2. The molecule has 0 fully saturated rings. The van der Waals surface area contributed by atoms with Crippen LogP contribution in [0.25, 0.3) is 11.4 Å². The van der Waals surface area contributed by atoms with Crippen LogP contribution in [0.3, 0.4) is 0 Å². The summed E-state index contributed by atoms with van der Waals surface area (Å²) in [6, 6.07) is 14.2. The molecule has 35 heavy (non-hydrogen) atoms. The molecular weight excluding hydrogens is 490 g/mol. The summed E-state index contributed by atoms with van der Waals surface area (Å²) in [6.07, 6.45) is -1.98. The minimum atomic E-state index is -4.78. The maximum absolute atomic E-state index is 14.3. The van der Waals surface area contributed by atoms with Gasteiger partial charge in [0.25, 0.3) is 0 Å². The van der Waals surface area contributed by atoms with E-state index in [4.69, 9.17) is 11.6 Å². The number of ether oxygens (including phenoxy) is 1. The summed E-state index contributed by atoms with van der Waals surface area (Å²) in [5.41, 5.74) is 3.74. The molecule has 4 rings (SSSR count). The number of pyridine rings is 1. The van der Waals surface area contributed by atoms with Gasteiger partial charge in [-0.3, -0.25) is 0 Å². The summed E-state index contributed by atoms with van der Waals surface area (Å²) in [5.74, 6) is -0.797. The number of nitrogens with zero attached hydrogens (tertiary/aromatic N) is 5. The van der Waals surface area contributed by atoms with Crippen molar-refractivity contribution in [3.63, 3.8) is 0 Å². The van der Waals surface area contributed by atoms with Crippen LogP contribution in [0.2, 0.25) is 5.15 Å². The minimum Gasteiger partial charge on any atom is -0.406 e. The standard InChI is InChI=1S/C22H14ClF4N7O/c23-18-10-7-14(12-28-18)30-20-31-19(16-3-1-2-4-17(16)24)32-21(33-20)34-29-11-13-5-8-15(9-6-13)35-22(25,26)27/h1-12H,(H2,30,31,32,33,34)/b29-11-. The lowest BCUT2D eigenvalue weighted by molar-refractivity contribution is -0.274. The fourth-order valence-corrected chi connectivity index (χ4v) is 2.86. The van der Waals surface area contributed by atoms with E-state index >= 15 is 0 Å². The molecule has 2 aromatic heterocycles. The maximum atomic E-state index is 14.3. The van der Waals surface area contributed by atoms with E-state index in [1.807, 2.05) is 0 Å². The van der Waals surface area contributed by atoms with Crippen LogP contribution >= 0.6 is 11.6 Å². The molecule has 0 amide bonds. The van der Waals surface area contributed by atoms with Crippen LogP contribution in [0.1, 0.15) is 5.56 Å². The van der Waals surface area contributed by atoms with Crippen molar-refractivity contribution in [2.75, 3.05) is 10.7 Å². The molecule has 0 aliphatic rings. The molecule has 0 spiro atoms. The van der Waals surface area contributed by atoms with Crippen LogP contribution in [-0.2, 0) is 0 Å². The van der Waals surface area contributed by atoms with E-state index in [1.54, 1.807) is 18.2 Å². The van der Waals surface area contributed by atoms with Crippen molar-refractivity contribution >= 4 is 35.4 Å². The lowest BCUT2D eigenvalue weighted by atomic mass is 10.2. The second-order valence-corrected chi connectivity index (χ2v) is 7.15. The monoisotopic (exact) mass is 503 g/mol. The van der Waals surface area contributed by atoms with Gasteiger partial charge in [-0.25, -0.2) is 14.8 Å². The van der Waals surface area contributed by atoms with Gasteiger partial charge in [-0.2, -0.15) is 20.1 Å². The SMILES string of the molecule is Fc1ccccc1-c1nc(N/N=C\c2ccc(OC(F)(F)F)cc2)nc(Nc2ccc(Cl)nc2)n1. The summed E-state index contributed by atoms with van der Waals surface area (Å²) in [4.78, 5) is 16.6. The first-order chi connectivity index (χ1) is 16.7. The molecule has 0 radical (unpaired) electrons. The first-order valence-corrected chi connectivity index (χ1v) is 10.2. The minimum absolute atomic E-state index is 0.0176. The molecule has 0 atom stereocenters. The summed E-state index contributed by atoms with van der Waals surface area (Å²) in [5, 5.41) is 7.22. The average Bonchev–Trinajstić information content (AvgIpc) is 2.81. The maximum Gasteiger partial charge on any atom is 0.573 e. The van der Waals surface area contributed by atoms with Gasteiger partial charge in [0.1, 0.15) is 16.7 Å². The van der Waals surface area contributed by atoms with E-state index in [2.05, 4.69) is 40.5 Å². The summed E-state index contributed by atoms with van der Waals surface area (Å²) in [6.45, 7) is 0. The molecule has 0 bridgehead atoms. The van der Waals surface area contributed by atoms with Crippen LogP contribution in [0.5, 0.6) is 5.75 Å². The van der Waals surface area contributed by atoms with Crippen molar-refractivity contribution in [2.24, 2.45) is 5.10 Å². The second kappa shape index (κ2) is 10.3. The molecule has 178 valence electrons. The third kappa shape index (κ3) is 6.84. The van der Waals surface area contributed by atoms with Gasteiger partial charge in [-0.05, 0) is 54.1 Å². The quantitative estimate of drug-likeness (QED) is 0.142. The van der Waals surface area contributed by atoms with Crippen LogP contribution in [0.15, 0.2) is 72.0 Å². The van der Waals surface area contributed by atoms with E-state index in [0.29, 0.717) is 16.4 Å². The lowest BCUT2D eigenvalue weighted by Crippen LogP contribution is -2.17. The fourth-order valence-electron chi connectivity index (χ4n) is 2.74. The van der Waals surface area contributed by atoms with Crippen LogP contribution in [0.4, 0.5) is 35.1 Å². The van der Waals surface area contributed by atoms with Gasteiger partial charge in [0, 0.05) is 0 Å². The van der Waals surface area contributed by atoms with Crippen LogP contribution in [0, 0.1) is 5.82 Å². The Bertz CT molecular complexity index is 1330. The molecule has 8 nitrogen and oxygen atoms in total. The topological polar surface area (TPSA) is 97.2 Å². The molecule has 0 unspecified atom stereocenters. The molecule has 0 aliphatic carbocycles. The van der Waals surface area contributed by atoms with Gasteiger partial charge in [-0.1, -0.05) is 23.7 Å². The largest absolute Gasteiger partial charge is 0.573 e. The van der Waals surface area contributed by atoms with Gasteiger partial charge in [0.2, 0.25) is 11.9 Å². The van der Waals surface area contributed by atoms with Crippen molar-refractivity contribution in [1.29, 1.82) is 0 Å². The lowest BCUT2D eigenvalue weighted by Gasteiger charge is -2.09. The molecular formula is C22H14ClF4N7O. The van der Waals surface area contributed by atoms with E-state index in [1.165, 1.54) is 42.7 Å². The molecule has 2 aromatic carbocycles. The smallest absolute Gasteiger partial charge is 0.406 e. The van der Waals surface area contributed by atoms with Gasteiger partial charge in [0.05, 0.1) is 23.7 Å². The van der Waals surface area contributed by atoms with E-state index in [-0.39, 0.29) is 29.0 Å². The zero-order valence-corrected chi connectivity index (χ0v) is 18.2. The predicted molar refractivity (Wildman–Crippen MR) is 122 cm³/mol. The Morgan fingerprint density at radius 3 is 2.34 bits per heavy atom. The van der Waals surface area contributed by atoms with E-state index in [0.717, 1.165) is 12.1 Å². The van der Waals surface area contributed by atoms with E-state index in [9.17, 15) is 17.6 Å². The Morgan fingerprint density at radius 2 is 1.66 bits per heavy atom. The molecule has 13 heteroatoms. The highest BCUT2D eigenvalue weighted by Gasteiger charge is 2.30. The number of anilines is 3.